The van der Waals surface area contributed by atoms with Crippen LogP contribution >= 0.6 is 0 Å². The van der Waals surface area contributed by atoms with E-state index in [0.717, 1.165) is 44.9 Å². The van der Waals surface area contributed by atoms with Crippen LogP contribution in [0.5, 0.6) is 0 Å². The van der Waals surface area contributed by atoms with Crippen LogP contribution < -0.4 is 0 Å². The Kier molecular flexibility index (Phi) is 10.3. The van der Waals surface area contributed by atoms with Crippen LogP contribution in [-0.4, -0.2) is 24.7 Å². The maximum Gasteiger partial charge on any atom is 0.161 e. The number of unbranched alkanes of at least 4 members (excludes halogenated alkanes) is 5. The summed E-state index contributed by atoms with van der Waals surface area (Å²) >= 11 is 0. The maximum absolute atomic E-state index is 15.2. The first-order valence-electron chi connectivity index (χ1n) is 14.6. The van der Waals surface area contributed by atoms with Gasteiger partial charge in [-0.3, -0.25) is 0 Å². The quantitative estimate of drug-likeness (QED) is 0.153. The third kappa shape index (κ3) is 6.61. The molecule has 1 aromatic carbocycles. The summed E-state index contributed by atoms with van der Waals surface area (Å²) in [6.45, 7) is 6.03. The summed E-state index contributed by atoms with van der Waals surface area (Å²) in [5.74, 6) is 0.546. The zero-order valence-electron chi connectivity index (χ0n) is 22.7. The number of halogens is 4. The molecule has 3 aliphatic rings. The molecular weight excluding hydrogens is 484 g/mol. The lowest BCUT2D eigenvalue weighted by molar-refractivity contribution is 0.212. The molecule has 38 heavy (non-hydrogen) atoms. The molecule has 4 unspecified atom stereocenters. The minimum atomic E-state index is -1.73. The summed E-state index contributed by atoms with van der Waals surface area (Å²) < 4.78 is 60.4. The van der Waals surface area contributed by atoms with Gasteiger partial charge in [0.25, 0.3) is 0 Å². The van der Waals surface area contributed by atoms with Gasteiger partial charge in [-0.1, -0.05) is 93.7 Å². The Labute approximate surface area is 226 Å². The molecule has 0 saturated heterocycles. The first kappa shape index (κ1) is 28.6. The van der Waals surface area contributed by atoms with Crippen molar-refractivity contribution in [2.75, 3.05) is 0 Å². The van der Waals surface area contributed by atoms with Gasteiger partial charge < -0.3 is 0 Å². The van der Waals surface area contributed by atoms with E-state index >= 15 is 13.2 Å². The summed E-state index contributed by atoms with van der Waals surface area (Å²) in [7, 11) is 0. The van der Waals surface area contributed by atoms with Crippen molar-refractivity contribution < 1.29 is 17.6 Å². The van der Waals surface area contributed by atoms with Crippen molar-refractivity contribution in [3.05, 3.63) is 83.5 Å². The van der Waals surface area contributed by atoms with Gasteiger partial charge in [0.1, 0.15) is 0 Å². The van der Waals surface area contributed by atoms with Crippen LogP contribution in [0.4, 0.5) is 17.6 Å². The topological polar surface area (TPSA) is 0 Å². The van der Waals surface area contributed by atoms with Gasteiger partial charge in [0, 0.05) is 0 Å². The highest BCUT2D eigenvalue weighted by atomic mass is 19.2. The van der Waals surface area contributed by atoms with Crippen molar-refractivity contribution in [2.45, 2.75) is 102 Å². The first-order valence-corrected chi connectivity index (χ1v) is 14.6. The highest BCUT2D eigenvalue weighted by Gasteiger charge is 2.36. The molecule has 1 saturated carbocycles. The van der Waals surface area contributed by atoms with Crippen LogP contribution in [0.25, 0.3) is 11.1 Å². The van der Waals surface area contributed by atoms with E-state index in [2.05, 4.69) is 13.5 Å². The van der Waals surface area contributed by atoms with E-state index in [9.17, 15) is 4.39 Å². The second-order valence-electron chi connectivity index (χ2n) is 11.2. The lowest BCUT2D eigenvalue weighted by Crippen LogP contribution is -2.29. The van der Waals surface area contributed by atoms with Gasteiger partial charge in [0.05, 0.1) is 0 Å². The molecular formula is C34H42F4. The van der Waals surface area contributed by atoms with Gasteiger partial charge in [0.2, 0.25) is 0 Å². The molecule has 0 bridgehead atoms. The minimum Gasteiger partial charge on any atom is -0.239 e. The van der Waals surface area contributed by atoms with E-state index in [-0.39, 0.29) is 5.92 Å². The zero-order chi connectivity index (χ0) is 27.1. The predicted octanol–water partition coefficient (Wildman–Crippen LogP) is 10.4. The standard InChI is InChI=1S/C34H42F4/c1-3-5-6-7-8-9-10-27-19-20-28(32(36)31(27)35)25-15-17-26(18-16-25)30-22-21-29(33(37)34(30)38)24-13-11-23(4-2)12-14-24/h4,15-24,31-34H,2-3,5-14H2,1H3. The van der Waals surface area contributed by atoms with Crippen LogP contribution in [0, 0.1) is 11.8 Å². The predicted molar refractivity (Wildman–Crippen MR) is 152 cm³/mol. The normalized spacial score (nSPS) is 29.7. The molecule has 3 aliphatic carbocycles. The molecule has 0 heterocycles. The highest BCUT2D eigenvalue weighted by molar-refractivity contribution is 5.77. The number of alkyl halides is 4. The van der Waals surface area contributed by atoms with Crippen LogP contribution in [0.1, 0.15) is 88.7 Å². The van der Waals surface area contributed by atoms with Gasteiger partial charge >= 0.3 is 0 Å². The van der Waals surface area contributed by atoms with Gasteiger partial charge in [0.15, 0.2) is 24.7 Å². The number of benzene rings is 1. The number of allylic oxidation sites excluding steroid dienone is 9. The van der Waals surface area contributed by atoms with Crippen LogP contribution in [0.2, 0.25) is 0 Å². The van der Waals surface area contributed by atoms with Gasteiger partial charge in [-0.2, -0.15) is 0 Å². The smallest absolute Gasteiger partial charge is 0.161 e. The van der Waals surface area contributed by atoms with Crippen molar-refractivity contribution in [1.29, 1.82) is 0 Å². The molecule has 0 nitrogen and oxygen atoms in total. The Morgan fingerprint density at radius 2 is 1.24 bits per heavy atom. The van der Waals surface area contributed by atoms with Crippen LogP contribution in [0.15, 0.2) is 72.4 Å². The fourth-order valence-corrected chi connectivity index (χ4v) is 6.17. The summed E-state index contributed by atoms with van der Waals surface area (Å²) in [5, 5.41) is 0. The van der Waals surface area contributed by atoms with Crippen molar-refractivity contribution in [3.63, 3.8) is 0 Å². The van der Waals surface area contributed by atoms with E-state index in [4.69, 9.17) is 0 Å². The average Bonchev–Trinajstić information content (AvgIpc) is 2.94. The van der Waals surface area contributed by atoms with Gasteiger partial charge in [-0.05, 0) is 83.8 Å². The fourth-order valence-electron chi connectivity index (χ4n) is 6.17. The van der Waals surface area contributed by atoms with E-state index in [1.807, 2.05) is 6.08 Å². The lowest BCUT2D eigenvalue weighted by Gasteiger charge is -2.33. The first-order chi connectivity index (χ1) is 18.4. The van der Waals surface area contributed by atoms with Crippen molar-refractivity contribution in [2.24, 2.45) is 11.8 Å². The van der Waals surface area contributed by atoms with E-state index in [1.54, 1.807) is 48.6 Å². The SMILES string of the molecule is C=CC1CCC(C2=CC=C(c3ccc(C4=CC=C(CCCCCCCC)C(F)C4F)cc3)C(F)C2F)CC1. The highest BCUT2D eigenvalue weighted by Crippen LogP contribution is 2.41. The molecule has 4 atom stereocenters. The van der Waals surface area contributed by atoms with Crippen LogP contribution in [0.3, 0.4) is 0 Å². The van der Waals surface area contributed by atoms with Crippen molar-refractivity contribution in [1.82, 2.24) is 0 Å². The summed E-state index contributed by atoms with van der Waals surface area (Å²) in [5.41, 5.74) is 2.81. The Morgan fingerprint density at radius 3 is 1.84 bits per heavy atom. The van der Waals surface area contributed by atoms with E-state index in [0.29, 0.717) is 45.8 Å². The van der Waals surface area contributed by atoms with Crippen molar-refractivity contribution in [3.8, 4) is 0 Å². The Hall–Kier alpha value is -2.36. The molecule has 0 aromatic heterocycles. The van der Waals surface area contributed by atoms with Gasteiger partial charge in [-0.15, -0.1) is 6.58 Å². The second-order valence-corrected chi connectivity index (χ2v) is 11.2. The molecule has 0 amide bonds. The minimum absolute atomic E-state index is 0.0759. The molecule has 4 heteroatoms. The Morgan fingerprint density at radius 1 is 0.684 bits per heavy atom. The Balaban J connectivity index is 1.41. The molecule has 0 aliphatic heterocycles. The zero-order valence-corrected chi connectivity index (χ0v) is 22.7. The van der Waals surface area contributed by atoms with Gasteiger partial charge in [-0.25, -0.2) is 17.6 Å². The monoisotopic (exact) mass is 526 g/mol. The third-order valence-corrected chi connectivity index (χ3v) is 8.66. The summed E-state index contributed by atoms with van der Waals surface area (Å²) in [6, 6.07) is 6.74. The lowest BCUT2D eigenvalue weighted by atomic mass is 9.74. The van der Waals surface area contributed by atoms with E-state index in [1.165, 1.54) is 19.3 Å². The molecule has 1 fully saturated rings. The van der Waals surface area contributed by atoms with Crippen LogP contribution in [-0.2, 0) is 0 Å². The molecule has 4 rings (SSSR count). The maximum atomic E-state index is 15.2. The largest absolute Gasteiger partial charge is 0.239 e. The summed E-state index contributed by atoms with van der Waals surface area (Å²) in [6.07, 6.45) is 13.0. The number of rotatable bonds is 11. The molecule has 206 valence electrons. The van der Waals surface area contributed by atoms with Crippen molar-refractivity contribution >= 4 is 11.1 Å². The molecule has 0 N–H and O–H groups in total. The second kappa shape index (κ2) is 13.6. The fraction of sp³-hybridized carbons (Fsp3) is 0.529. The molecule has 1 aromatic rings. The average molecular weight is 527 g/mol. The Bertz CT molecular complexity index is 1050. The molecule has 0 radical (unpaired) electrons. The molecule has 0 spiro atoms. The van der Waals surface area contributed by atoms with E-state index < -0.39 is 24.7 Å². The number of hydrogen-bond donors (Lipinski definition) is 0. The number of hydrogen-bond acceptors (Lipinski definition) is 0. The third-order valence-electron chi connectivity index (χ3n) is 8.66. The summed E-state index contributed by atoms with van der Waals surface area (Å²) in [4.78, 5) is 0.